The first-order chi connectivity index (χ1) is 12.4. The molecule has 1 N–H and O–H groups in total. The standard InChI is InChI=1S/C20H23NO4S/c1-4-14(2)15-9-11-16(12-10-15)21-19(22)13-25-20(23)17-7-5-6-8-18(17)26(3)24/h5-12,14H,4,13H2,1-3H3,(H,21,22)/t14-,26+/m0/s1. The van der Waals surface area contributed by atoms with Crippen molar-refractivity contribution in [1.29, 1.82) is 0 Å². The summed E-state index contributed by atoms with van der Waals surface area (Å²) in [5.41, 5.74) is 2.06. The molecule has 2 aromatic carbocycles. The van der Waals surface area contributed by atoms with Crippen molar-refractivity contribution in [2.24, 2.45) is 0 Å². The molecule has 26 heavy (non-hydrogen) atoms. The van der Waals surface area contributed by atoms with Crippen molar-refractivity contribution in [2.75, 3.05) is 18.2 Å². The van der Waals surface area contributed by atoms with E-state index in [1.165, 1.54) is 17.9 Å². The minimum atomic E-state index is -1.32. The molecule has 0 radical (unpaired) electrons. The fraction of sp³-hybridized carbons (Fsp3) is 0.300. The fourth-order valence-electron chi connectivity index (χ4n) is 2.42. The quantitative estimate of drug-likeness (QED) is 0.751. The molecule has 0 saturated heterocycles. The number of hydrogen-bond acceptors (Lipinski definition) is 4. The summed E-state index contributed by atoms with van der Waals surface area (Å²) < 4.78 is 16.7. The van der Waals surface area contributed by atoms with Crippen molar-refractivity contribution in [2.45, 2.75) is 31.1 Å². The van der Waals surface area contributed by atoms with Gasteiger partial charge >= 0.3 is 5.97 Å². The van der Waals surface area contributed by atoms with Gasteiger partial charge in [0.2, 0.25) is 0 Å². The van der Waals surface area contributed by atoms with Gasteiger partial charge in [0.25, 0.3) is 5.91 Å². The predicted molar refractivity (Wildman–Crippen MR) is 103 cm³/mol. The van der Waals surface area contributed by atoms with Crippen LogP contribution in [-0.2, 0) is 20.3 Å². The molecule has 1 amide bonds. The van der Waals surface area contributed by atoms with Gasteiger partial charge < -0.3 is 10.1 Å². The Balaban J connectivity index is 1.93. The number of amides is 1. The average Bonchev–Trinajstić information content (AvgIpc) is 2.66. The van der Waals surface area contributed by atoms with Gasteiger partial charge in [-0.1, -0.05) is 38.1 Å². The first kappa shape index (κ1) is 19.8. The summed E-state index contributed by atoms with van der Waals surface area (Å²) in [6.45, 7) is 3.87. The number of benzene rings is 2. The summed E-state index contributed by atoms with van der Waals surface area (Å²) in [5, 5.41) is 2.69. The molecule has 0 aliphatic heterocycles. The minimum absolute atomic E-state index is 0.207. The van der Waals surface area contributed by atoms with Crippen LogP contribution in [0.3, 0.4) is 0 Å². The highest BCUT2D eigenvalue weighted by molar-refractivity contribution is 7.84. The molecule has 6 heteroatoms. The van der Waals surface area contributed by atoms with Crippen molar-refractivity contribution in [3.8, 4) is 0 Å². The van der Waals surface area contributed by atoms with Gasteiger partial charge in [0.05, 0.1) is 21.3 Å². The van der Waals surface area contributed by atoms with Gasteiger partial charge in [-0.25, -0.2) is 4.79 Å². The first-order valence-corrected chi connectivity index (χ1v) is 9.97. The molecule has 0 fully saturated rings. The van der Waals surface area contributed by atoms with Gasteiger partial charge in [-0.2, -0.15) is 0 Å². The van der Waals surface area contributed by atoms with E-state index < -0.39 is 29.3 Å². The number of nitrogens with one attached hydrogen (secondary N) is 1. The van der Waals surface area contributed by atoms with Crippen molar-refractivity contribution < 1.29 is 18.5 Å². The Morgan fingerprint density at radius 3 is 2.38 bits per heavy atom. The molecule has 0 unspecified atom stereocenters. The number of hydrogen-bond donors (Lipinski definition) is 1. The molecule has 2 aromatic rings. The van der Waals surface area contributed by atoms with Gasteiger partial charge in [0.15, 0.2) is 6.61 Å². The van der Waals surface area contributed by atoms with E-state index in [1.54, 1.807) is 18.2 Å². The predicted octanol–water partition coefficient (Wildman–Crippen LogP) is 3.73. The number of carbonyl (C=O) groups is 2. The molecule has 0 saturated carbocycles. The van der Waals surface area contributed by atoms with E-state index in [2.05, 4.69) is 19.2 Å². The summed E-state index contributed by atoms with van der Waals surface area (Å²) in [4.78, 5) is 24.5. The van der Waals surface area contributed by atoms with Crippen LogP contribution >= 0.6 is 0 Å². The van der Waals surface area contributed by atoms with Crippen molar-refractivity contribution in [3.63, 3.8) is 0 Å². The molecule has 0 spiro atoms. The van der Waals surface area contributed by atoms with Gasteiger partial charge in [-0.05, 0) is 42.2 Å². The second-order valence-corrected chi connectivity index (χ2v) is 7.35. The highest BCUT2D eigenvalue weighted by Crippen LogP contribution is 2.20. The SMILES string of the molecule is CC[C@H](C)c1ccc(NC(=O)COC(=O)c2ccccc2[S@@](C)=O)cc1. The Morgan fingerprint density at radius 2 is 1.77 bits per heavy atom. The summed E-state index contributed by atoms with van der Waals surface area (Å²) in [6.07, 6.45) is 2.54. The monoisotopic (exact) mass is 373 g/mol. The lowest BCUT2D eigenvalue weighted by Gasteiger charge is -2.11. The molecular weight excluding hydrogens is 350 g/mol. The van der Waals surface area contributed by atoms with E-state index >= 15 is 0 Å². The van der Waals surface area contributed by atoms with E-state index in [4.69, 9.17) is 4.74 Å². The summed E-state index contributed by atoms with van der Waals surface area (Å²) in [5.74, 6) is -0.632. The largest absolute Gasteiger partial charge is 0.452 e. The fourth-order valence-corrected chi connectivity index (χ4v) is 3.15. The maximum atomic E-state index is 12.1. The van der Waals surface area contributed by atoms with Crippen LogP contribution in [0.15, 0.2) is 53.4 Å². The topological polar surface area (TPSA) is 72.5 Å². The van der Waals surface area contributed by atoms with Crippen molar-refractivity contribution in [3.05, 3.63) is 59.7 Å². The zero-order valence-corrected chi connectivity index (χ0v) is 16.0. The van der Waals surface area contributed by atoms with Crippen molar-refractivity contribution >= 4 is 28.4 Å². The Morgan fingerprint density at radius 1 is 1.12 bits per heavy atom. The van der Waals surface area contributed by atoms with E-state index in [9.17, 15) is 13.8 Å². The molecule has 2 atom stereocenters. The Hall–Kier alpha value is -2.47. The molecular formula is C20H23NO4S. The van der Waals surface area contributed by atoms with E-state index in [-0.39, 0.29) is 5.56 Å². The molecule has 0 aliphatic carbocycles. The maximum absolute atomic E-state index is 12.1. The lowest BCUT2D eigenvalue weighted by Crippen LogP contribution is -2.21. The Bertz CT molecular complexity index is 802. The van der Waals surface area contributed by atoms with E-state index in [0.717, 1.165) is 6.42 Å². The lowest BCUT2D eigenvalue weighted by molar-refractivity contribution is -0.119. The Kier molecular flexibility index (Phi) is 7.09. The highest BCUT2D eigenvalue weighted by atomic mass is 32.2. The first-order valence-electron chi connectivity index (χ1n) is 8.41. The third kappa shape index (κ3) is 5.26. The second kappa shape index (κ2) is 9.29. The maximum Gasteiger partial charge on any atom is 0.339 e. The Labute approximate surface area is 156 Å². The van der Waals surface area contributed by atoms with Crippen LogP contribution in [0, 0.1) is 0 Å². The van der Waals surface area contributed by atoms with Crippen LogP contribution in [0.25, 0.3) is 0 Å². The van der Waals surface area contributed by atoms with Crippen LogP contribution in [0.2, 0.25) is 0 Å². The smallest absolute Gasteiger partial charge is 0.339 e. The van der Waals surface area contributed by atoms with E-state index in [0.29, 0.717) is 16.5 Å². The number of carbonyl (C=O) groups excluding carboxylic acids is 2. The van der Waals surface area contributed by atoms with Crippen LogP contribution in [0.1, 0.15) is 42.1 Å². The van der Waals surface area contributed by atoms with Gasteiger partial charge in [0, 0.05) is 11.9 Å². The molecule has 5 nitrogen and oxygen atoms in total. The zero-order chi connectivity index (χ0) is 19.1. The molecule has 0 heterocycles. The lowest BCUT2D eigenvalue weighted by atomic mass is 9.99. The van der Waals surface area contributed by atoms with Gasteiger partial charge in [0.1, 0.15) is 0 Å². The molecule has 0 aromatic heterocycles. The summed E-state index contributed by atoms with van der Waals surface area (Å²) in [7, 11) is -1.32. The van der Waals surface area contributed by atoms with E-state index in [1.807, 2.05) is 24.3 Å². The second-order valence-electron chi connectivity index (χ2n) is 6.01. The highest BCUT2D eigenvalue weighted by Gasteiger charge is 2.16. The molecule has 2 rings (SSSR count). The van der Waals surface area contributed by atoms with Crippen LogP contribution in [0.5, 0.6) is 0 Å². The minimum Gasteiger partial charge on any atom is -0.452 e. The molecule has 0 aliphatic rings. The number of ether oxygens (including phenoxy) is 1. The van der Waals surface area contributed by atoms with Crippen LogP contribution < -0.4 is 5.32 Å². The molecule has 138 valence electrons. The van der Waals surface area contributed by atoms with Crippen LogP contribution in [-0.4, -0.2) is 28.9 Å². The average molecular weight is 373 g/mol. The normalized spacial score (nSPS) is 12.9. The number of rotatable bonds is 7. The zero-order valence-electron chi connectivity index (χ0n) is 15.2. The number of esters is 1. The summed E-state index contributed by atoms with van der Waals surface area (Å²) in [6, 6.07) is 14.1. The third-order valence-electron chi connectivity index (χ3n) is 4.13. The summed E-state index contributed by atoms with van der Waals surface area (Å²) >= 11 is 0. The van der Waals surface area contributed by atoms with Crippen LogP contribution in [0.4, 0.5) is 5.69 Å². The number of anilines is 1. The molecule has 0 bridgehead atoms. The van der Waals surface area contributed by atoms with Gasteiger partial charge in [-0.15, -0.1) is 0 Å². The third-order valence-corrected chi connectivity index (χ3v) is 5.10. The van der Waals surface area contributed by atoms with Crippen molar-refractivity contribution in [1.82, 2.24) is 0 Å². The van der Waals surface area contributed by atoms with Gasteiger partial charge in [-0.3, -0.25) is 9.00 Å².